The molecule has 20 heavy (non-hydrogen) atoms. The molecule has 0 aliphatic heterocycles. The second kappa shape index (κ2) is 6.25. The molecule has 0 spiro atoms. The number of rotatable bonds is 4. The van der Waals surface area contributed by atoms with Gasteiger partial charge in [-0.2, -0.15) is 0 Å². The summed E-state index contributed by atoms with van der Waals surface area (Å²) < 4.78 is 18.8. The monoisotopic (exact) mass is 280 g/mol. The van der Waals surface area contributed by atoms with Crippen molar-refractivity contribution in [3.8, 4) is 5.75 Å². The summed E-state index contributed by atoms with van der Waals surface area (Å²) >= 11 is 0. The van der Waals surface area contributed by atoms with Crippen molar-refractivity contribution >= 4 is 5.97 Å². The first-order chi connectivity index (χ1) is 9.56. The van der Waals surface area contributed by atoms with E-state index in [0.29, 0.717) is 12.3 Å². The maximum atomic E-state index is 13.8. The lowest BCUT2D eigenvalue weighted by molar-refractivity contribution is -0.143. The third-order valence-corrected chi connectivity index (χ3v) is 4.46. The van der Waals surface area contributed by atoms with E-state index in [4.69, 9.17) is 4.74 Å². The van der Waals surface area contributed by atoms with Crippen LogP contribution in [-0.4, -0.2) is 18.2 Å². The van der Waals surface area contributed by atoms with E-state index >= 15 is 0 Å². The third-order valence-electron chi connectivity index (χ3n) is 4.46. The van der Waals surface area contributed by atoms with E-state index in [-0.39, 0.29) is 11.7 Å². The van der Waals surface area contributed by atoms with Crippen LogP contribution in [0.25, 0.3) is 0 Å². The Kier molecular flexibility index (Phi) is 4.63. The highest BCUT2D eigenvalue weighted by atomic mass is 19.1. The summed E-state index contributed by atoms with van der Waals surface area (Å²) in [6.07, 6.45) is 3.48. The van der Waals surface area contributed by atoms with Gasteiger partial charge < -0.3 is 9.84 Å². The van der Waals surface area contributed by atoms with Gasteiger partial charge in [0.05, 0.1) is 13.0 Å². The number of carboxylic acid groups (broad SMARTS) is 1. The molecule has 3 nitrogen and oxygen atoms in total. The predicted molar refractivity (Wildman–Crippen MR) is 74.5 cm³/mol. The number of benzene rings is 1. The van der Waals surface area contributed by atoms with Crippen LogP contribution in [0, 0.1) is 17.7 Å². The van der Waals surface area contributed by atoms with Crippen molar-refractivity contribution in [2.75, 3.05) is 7.11 Å². The summed E-state index contributed by atoms with van der Waals surface area (Å²) in [5.74, 6) is -0.991. The Balaban J connectivity index is 2.30. The Morgan fingerprint density at radius 1 is 1.45 bits per heavy atom. The molecule has 1 aromatic carbocycles. The van der Waals surface area contributed by atoms with Crippen molar-refractivity contribution < 1.29 is 19.0 Å². The van der Waals surface area contributed by atoms with E-state index in [1.54, 1.807) is 12.1 Å². The number of aliphatic carboxylic acids is 1. The minimum absolute atomic E-state index is 0.105. The van der Waals surface area contributed by atoms with E-state index in [9.17, 15) is 14.3 Å². The summed E-state index contributed by atoms with van der Waals surface area (Å²) in [5, 5.41) is 9.38. The Bertz CT molecular complexity index is 487. The van der Waals surface area contributed by atoms with Crippen molar-refractivity contribution in [2.45, 2.75) is 38.5 Å². The predicted octanol–water partition coefficient (Wildman–Crippen LogP) is 3.83. The summed E-state index contributed by atoms with van der Waals surface area (Å²) in [6.45, 7) is 2.12. The molecule has 4 heteroatoms. The van der Waals surface area contributed by atoms with Gasteiger partial charge in [0.15, 0.2) is 11.6 Å². The minimum atomic E-state index is -0.777. The largest absolute Gasteiger partial charge is 0.494 e. The molecule has 1 aliphatic rings. The Morgan fingerprint density at radius 2 is 2.20 bits per heavy atom. The average Bonchev–Trinajstić information content (AvgIpc) is 2.46. The molecule has 2 rings (SSSR count). The molecule has 1 aliphatic carbocycles. The van der Waals surface area contributed by atoms with Crippen LogP contribution >= 0.6 is 0 Å². The molecule has 1 saturated carbocycles. The zero-order valence-corrected chi connectivity index (χ0v) is 11.9. The molecule has 0 aromatic heterocycles. The number of carboxylic acids is 1. The first-order valence-corrected chi connectivity index (χ1v) is 7.13. The van der Waals surface area contributed by atoms with Crippen LogP contribution in [-0.2, 0) is 4.79 Å². The van der Waals surface area contributed by atoms with E-state index in [0.717, 1.165) is 24.8 Å². The zero-order valence-electron chi connectivity index (χ0n) is 11.9. The van der Waals surface area contributed by atoms with Crippen LogP contribution in [0.5, 0.6) is 5.75 Å². The van der Waals surface area contributed by atoms with Gasteiger partial charge in [-0.1, -0.05) is 19.4 Å². The molecular weight excluding hydrogens is 259 g/mol. The van der Waals surface area contributed by atoms with E-state index in [1.165, 1.54) is 13.2 Å². The molecule has 3 unspecified atom stereocenters. The molecule has 1 aromatic rings. The van der Waals surface area contributed by atoms with Gasteiger partial charge in [-0.3, -0.25) is 4.79 Å². The normalized spacial score (nSPS) is 26.2. The van der Waals surface area contributed by atoms with Crippen LogP contribution < -0.4 is 4.74 Å². The molecule has 0 heterocycles. The number of hydrogen-bond acceptors (Lipinski definition) is 2. The quantitative estimate of drug-likeness (QED) is 0.911. The molecule has 0 bridgehead atoms. The van der Waals surface area contributed by atoms with E-state index in [1.807, 2.05) is 0 Å². The minimum Gasteiger partial charge on any atom is -0.494 e. The van der Waals surface area contributed by atoms with Crippen LogP contribution in [0.4, 0.5) is 4.39 Å². The van der Waals surface area contributed by atoms with E-state index < -0.39 is 17.7 Å². The molecule has 0 radical (unpaired) electrons. The molecule has 1 N–H and O–H groups in total. The SMILES string of the molecule is CCC1CCC(C(=O)O)C(c2ccc(OC)c(F)c2)C1. The number of carbonyl (C=O) groups is 1. The first kappa shape index (κ1) is 14.8. The molecule has 110 valence electrons. The lowest BCUT2D eigenvalue weighted by Crippen LogP contribution is -2.29. The van der Waals surface area contributed by atoms with Gasteiger partial charge in [0.25, 0.3) is 0 Å². The molecule has 3 atom stereocenters. The molecule has 0 amide bonds. The number of ether oxygens (including phenoxy) is 1. The molecular formula is C16H21FO3. The highest BCUT2D eigenvalue weighted by molar-refractivity contribution is 5.71. The second-order valence-electron chi connectivity index (χ2n) is 5.53. The third kappa shape index (κ3) is 2.94. The summed E-state index contributed by atoms with van der Waals surface area (Å²) in [6, 6.07) is 4.80. The second-order valence-corrected chi connectivity index (χ2v) is 5.53. The Morgan fingerprint density at radius 3 is 2.75 bits per heavy atom. The van der Waals surface area contributed by atoms with Gasteiger partial charge in [-0.25, -0.2) is 4.39 Å². The lowest BCUT2D eigenvalue weighted by Gasteiger charge is -2.34. The van der Waals surface area contributed by atoms with Crippen molar-refractivity contribution in [3.63, 3.8) is 0 Å². The highest BCUT2D eigenvalue weighted by Crippen LogP contribution is 2.42. The highest BCUT2D eigenvalue weighted by Gasteiger charge is 2.35. The van der Waals surface area contributed by atoms with Crippen molar-refractivity contribution in [2.24, 2.45) is 11.8 Å². The van der Waals surface area contributed by atoms with Crippen molar-refractivity contribution in [3.05, 3.63) is 29.6 Å². The fourth-order valence-electron chi connectivity index (χ4n) is 3.21. The van der Waals surface area contributed by atoms with Crippen molar-refractivity contribution in [1.82, 2.24) is 0 Å². The zero-order chi connectivity index (χ0) is 14.7. The smallest absolute Gasteiger partial charge is 0.307 e. The molecule has 0 saturated heterocycles. The van der Waals surface area contributed by atoms with Crippen LogP contribution in [0.15, 0.2) is 18.2 Å². The fourth-order valence-corrected chi connectivity index (χ4v) is 3.21. The van der Waals surface area contributed by atoms with Gasteiger partial charge in [-0.05, 0) is 48.8 Å². The summed E-state index contributed by atoms with van der Waals surface area (Å²) in [5.41, 5.74) is 0.772. The van der Waals surface area contributed by atoms with Gasteiger partial charge in [0, 0.05) is 0 Å². The average molecular weight is 280 g/mol. The van der Waals surface area contributed by atoms with Crippen molar-refractivity contribution in [1.29, 1.82) is 0 Å². The van der Waals surface area contributed by atoms with Gasteiger partial charge >= 0.3 is 5.97 Å². The van der Waals surface area contributed by atoms with Gasteiger partial charge in [0.1, 0.15) is 0 Å². The number of methoxy groups -OCH3 is 1. The summed E-state index contributed by atoms with van der Waals surface area (Å²) in [7, 11) is 1.42. The molecule has 1 fully saturated rings. The lowest BCUT2D eigenvalue weighted by atomic mass is 9.70. The van der Waals surface area contributed by atoms with Crippen LogP contribution in [0.3, 0.4) is 0 Å². The topological polar surface area (TPSA) is 46.5 Å². The number of hydrogen-bond donors (Lipinski definition) is 1. The van der Waals surface area contributed by atoms with Gasteiger partial charge in [-0.15, -0.1) is 0 Å². The first-order valence-electron chi connectivity index (χ1n) is 7.13. The standard InChI is InChI=1S/C16H21FO3/c1-3-10-4-6-12(16(18)19)13(8-10)11-5-7-15(20-2)14(17)9-11/h5,7,9-10,12-13H,3-4,6,8H2,1-2H3,(H,18,19). The Labute approximate surface area is 118 Å². The van der Waals surface area contributed by atoms with Crippen LogP contribution in [0.2, 0.25) is 0 Å². The van der Waals surface area contributed by atoms with E-state index in [2.05, 4.69) is 6.92 Å². The maximum absolute atomic E-state index is 13.8. The number of halogens is 1. The van der Waals surface area contributed by atoms with Crippen LogP contribution in [0.1, 0.15) is 44.1 Å². The Hall–Kier alpha value is -1.58. The van der Waals surface area contributed by atoms with Gasteiger partial charge in [0.2, 0.25) is 0 Å². The summed E-state index contributed by atoms with van der Waals surface area (Å²) in [4.78, 5) is 11.4. The maximum Gasteiger partial charge on any atom is 0.307 e. The fraction of sp³-hybridized carbons (Fsp3) is 0.562.